The number of carbonyl (C=O) groups is 1. The van der Waals surface area contributed by atoms with Gasteiger partial charge in [-0.2, -0.15) is 15.6 Å². The zero-order chi connectivity index (χ0) is 34.3. The van der Waals surface area contributed by atoms with Gasteiger partial charge in [-0.3, -0.25) is 4.79 Å². The van der Waals surface area contributed by atoms with Crippen molar-refractivity contribution in [2.24, 2.45) is 0 Å². The number of ether oxygens (including phenoxy) is 2. The highest BCUT2D eigenvalue weighted by Crippen LogP contribution is 2.42. The van der Waals surface area contributed by atoms with E-state index in [9.17, 15) is 20.4 Å². The number of aromatic hydroxyl groups is 1. The number of amides is 1. The lowest BCUT2D eigenvalue weighted by Crippen LogP contribution is -2.49. The van der Waals surface area contributed by atoms with Gasteiger partial charge >= 0.3 is 0 Å². The second kappa shape index (κ2) is 15.1. The molecule has 0 fully saturated rings. The normalized spacial score (nSPS) is 13.0. The molecule has 0 aliphatic rings. The summed E-state index contributed by atoms with van der Waals surface area (Å²) in [7, 11) is -2.14. The Morgan fingerprint density at radius 2 is 1.60 bits per heavy atom. The van der Waals surface area contributed by atoms with E-state index in [2.05, 4.69) is 79.0 Å². The van der Waals surface area contributed by atoms with Crippen LogP contribution in [-0.2, 0) is 14.0 Å². The SMILES string of the molecule is CC(CO[Si](C(C)C)(C(C)C)C(C)C)OCC(Oc1ncnc2c1cnn2-c1c(C#N)cccc1C#N)C(=O)Nc1ccc(O)cn1. The summed E-state index contributed by atoms with van der Waals surface area (Å²) in [5.41, 5.74) is 2.22. The summed E-state index contributed by atoms with van der Waals surface area (Å²) in [6.07, 6.45) is 2.36. The first-order chi connectivity index (χ1) is 22.4. The van der Waals surface area contributed by atoms with Crippen molar-refractivity contribution >= 4 is 31.1 Å². The van der Waals surface area contributed by atoms with Crippen molar-refractivity contribution in [2.75, 3.05) is 18.5 Å². The average Bonchev–Trinajstić information content (AvgIpc) is 3.47. The van der Waals surface area contributed by atoms with Gasteiger partial charge in [-0.25, -0.2) is 19.6 Å². The average molecular weight is 657 g/mol. The summed E-state index contributed by atoms with van der Waals surface area (Å²) in [5, 5.41) is 36.5. The van der Waals surface area contributed by atoms with Gasteiger partial charge in [0.1, 0.15) is 41.1 Å². The fraction of sp³-hybridized carbons (Fsp3) is 0.424. The number of hydrogen-bond donors (Lipinski definition) is 2. The standard InChI is InChI=1S/C33H40N8O5Si/c1-20(2)47(21(3)4,22(5)6)45-17-23(7)44-18-28(32(43)40-29-12-11-26(42)15-36-29)46-33-27-16-39-41(31(27)37-19-38-33)30-24(13-34)9-8-10-25(30)14-35/h8-12,15-16,19-23,28,42H,17-18H2,1-7H3,(H,36,40,43). The van der Waals surface area contributed by atoms with E-state index in [1.165, 1.54) is 35.5 Å². The minimum Gasteiger partial charge on any atom is -0.506 e. The number of nitriles is 2. The van der Waals surface area contributed by atoms with Gasteiger partial charge in [0.2, 0.25) is 12.0 Å². The first-order valence-electron chi connectivity index (χ1n) is 15.4. The van der Waals surface area contributed by atoms with Crippen LogP contribution >= 0.6 is 0 Å². The Balaban J connectivity index is 1.62. The molecule has 1 aromatic carbocycles. The lowest BCUT2D eigenvalue weighted by molar-refractivity contribution is -0.127. The number of benzene rings is 1. The van der Waals surface area contributed by atoms with Crippen LogP contribution in [0.15, 0.2) is 49.1 Å². The number of nitrogens with zero attached hydrogens (tertiary/aromatic N) is 7. The first kappa shape index (κ1) is 35.0. The van der Waals surface area contributed by atoms with E-state index in [4.69, 9.17) is 13.9 Å². The van der Waals surface area contributed by atoms with Gasteiger partial charge in [-0.1, -0.05) is 47.6 Å². The minimum atomic E-state index is -2.14. The Labute approximate surface area is 275 Å². The van der Waals surface area contributed by atoms with Crippen molar-refractivity contribution in [1.29, 1.82) is 10.5 Å². The molecule has 14 heteroatoms. The Bertz CT molecular complexity index is 1720. The van der Waals surface area contributed by atoms with Crippen molar-refractivity contribution in [3.8, 4) is 29.5 Å². The fourth-order valence-corrected chi connectivity index (χ4v) is 11.6. The maximum absolute atomic E-state index is 13.5. The van der Waals surface area contributed by atoms with Crippen LogP contribution in [0.5, 0.6) is 11.6 Å². The number of fused-ring (bicyclic) bond motifs is 1. The van der Waals surface area contributed by atoms with Gasteiger partial charge in [-0.05, 0) is 47.8 Å². The third-order valence-corrected chi connectivity index (χ3v) is 14.3. The summed E-state index contributed by atoms with van der Waals surface area (Å²) in [4.78, 5) is 26.2. The molecule has 1 amide bonds. The number of rotatable bonds is 14. The molecule has 0 aliphatic carbocycles. The van der Waals surface area contributed by atoms with E-state index in [1.807, 2.05) is 6.92 Å². The van der Waals surface area contributed by atoms with Crippen LogP contribution in [0.1, 0.15) is 59.6 Å². The summed E-state index contributed by atoms with van der Waals surface area (Å²) in [6, 6.07) is 11.8. The summed E-state index contributed by atoms with van der Waals surface area (Å²) >= 11 is 0. The zero-order valence-corrected chi connectivity index (χ0v) is 28.6. The van der Waals surface area contributed by atoms with Gasteiger partial charge in [0.05, 0.1) is 42.8 Å². The molecular formula is C33H40N8O5Si. The quantitative estimate of drug-likeness (QED) is 0.160. The van der Waals surface area contributed by atoms with E-state index in [-0.39, 0.29) is 52.6 Å². The monoisotopic (exact) mass is 656 g/mol. The molecule has 0 saturated carbocycles. The lowest BCUT2D eigenvalue weighted by atomic mass is 10.1. The van der Waals surface area contributed by atoms with Crippen LogP contribution in [0, 0.1) is 22.7 Å². The highest BCUT2D eigenvalue weighted by molar-refractivity contribution is 6.77. The molecule has 0 bridgehead atoms. The molecule has 2 unspecified atom stereocenters. The van der Waals surface area contributed by atoms with Gasteiger partial charge < -0.3 is 24.3 Å². The maximum Gasteiger partial charge on any atom is 0.269 e. The molecule has 2 N–H and O–H groups in total. The Morgan fingerprint density at radius 1 is 0.936 bits per heavy atom. The zero-order valence-electron chi connectivity index (χ0n) is 27.6. The molecule has 4 rings (SSSR count). The van der Waals surface area contributed by atoms with Crippen LogP contribution in [0.4, 0.5) is 5.82 Å². The summed E-state index contributed by atoms with van der Waals surface area (Å²) in [6.45, 7) is 15.4. The molecular weight excluding hydrogens is 616 g/mol. The molecule has 0 spiro atoms. The van der Waals surface area contributed by atoms with Gasteiger partial charge in [0, 0.05) is 0 Å². The van der Waals surface area contributed by atoms with E-state index in [1.54, 1.807) is 18.2 Å². The topological polar surface area (TPSA) is 181 Å². The van der Waals surface area contributed by atoms with Crippen LogP contribution in [-0.4, -0.2) is 69.5 Å². The fourth-order valence-electron chi connectivity index (χ4n) is 6.06. The smallest absolute Gasteiger partial charge is 0.269 e. The van der Waals surface area contributed by atoms with Gasteiger partial charge in [0.15, 0.2) is 14.0 Å². The molecule has 246 valence electrons. The number of para-hydroxylation sites is 1. The highest BCUT2D eigenvalue weighted by atomic mass is 28.4. The maximum atomic E-state index is 13.5. The molecule has 4 aromatic rings. The van der Waals surface area contributed by atoms with E-state index in [0.717, 1.165) is 0 Å². The number of hydrogen-bond acceptors (Lipinski definition) is 11. The van der Waals surface area contributed by atoms with Gasteiger partial charge in [-0.15, -0.1) is 0 Å². The van der Waals surface area contributed by atoms with Crippen molar-refractivity contribution in [1.82, 2.24) is 24.7 Å². The van der Waals surface area contributed by atoms with Crippen LogP contribution in [0.2, 0.25) is 16.6 Å². The molecule has 13 nitrogen and oxygen atoms in total. The van der Waals surface area contributed by atoms with Crippen LogP contribution in [0.3, 0.4) is 0 Å². The Hall–Kier alpha value is -4.89. The van der Waals surface area contributed by atoms with Crippen LogP contribution < -0.4 is 10.1 Å². The van der Waals surface area contributed by atoms with Crippen molar-refractivity contribution in [2.45, 2.75) is 77.3 Å². The number of nitrogens with one attached hydrogen (secondary N) is 1. The molecule has 2 atom stereocenters. The van der Waals surface area contributed by atoms with E-state index >= 15 is 0 Å². The van der Waals surface area contributed by atoms with Crippen LogP contribution in [0.25, 0.3) is 16.7 Å². The number of aromatic nitrogens is 5. The Morgan fingerprint density at radius 3 is 2.17 bits per heavy atom. The molecule has 47 heavy (non-hydrogen) atoms. The highest BCUT2D eigenvalue weighted by Gasteiger charge is 2.45. The number of anilines is 1. The number of carbonyl (C=O) groups excluding carboxylic acids is 1. The second-order valence-electron chi connectivity index (χ2n) is 12.2. The lowest BCUT2D eigenvalue weighted by Gasteiger charge is -2.42. The molecule has 0 saturated heterocycles. The minimum absolute atomic E-state index is 0.0466. The first-order valence-corrected chi connectivity index (χ1v) is 17.6. The van der Waals surface area contributed by atoms with E-state index < -0.39 is 20.3 Å². The third-order valence-electron chi connectivity index (χ3n) is 8.17. The molecule has 0 radical (unpaired) electrons. The number of pyridine rings is 1. The largest absolute Gasteiger partial charge is 0.506 e. The second-order valence-corrected chi connectivity index (χ2v) is 17.6. The van der Waals surface area contributed by atoms with Crippen molar-refractivity contribution < 1.29 is 23.8 Å². The van der Waals surface area contributed by atoms with Gasteiger partial charge in [0.25, 0.3) is 5.91 Å². The molecule has 3 aromatic heterocycles. The predicted octanol–water partition coefficient (Wildman–Crippen LogP) is 5.64. The predicted molar refractivity (Wildman–Crippen MR) is 177 cm³/mol. The molecule has 3 heterocycles. The molecule has 0 aliphatic heterocycles. The van der Waals surface area contributed by atoms with E-state index in [0.29, 0.717) is 28.6 Å². The summed E-state index contributed by atoms with van der Waals surface area (Å²) < 4.78 is 20.4. The summed E-state index contributed by atoms with van der Waals surface area (Å²) in [5.74, 6) is -0.356. The van der Waals surface area contributed by atoms with Crippen molar-refractivity contribution in [3.63, 3.8) is 0 Å². The van der Waals surface area contributed by atoms with Crippen molar-refractivity contribution in [3.05, 3.63) is 60.2 Å². The Kier molecular flexibility index (Phi) is 11.3. The third kappa shape index (κ3) is 7.57.